The van der Waals surface area contributed by atoms with E-state index < -0.39 is 0 Å². The molecule has 0 saturated heterocycles. The fourth-order valence-corrected chi connectivity index (χ4v) is 2.29. The van der Waals surface area contributed by atoms with Crippen LogP contribution < -0.4 is 0 Å². The van der Waals surface area contributed by atoms with Gasteiger partial charge in [-0.05, 0) is 24.6 Å². The van der Waals surface area contributed by atoms with E-state index in [-0.39, 0.29) is 0 Å². The van der Waals surface area contributed by atoms with Gasteiger partial charge in [0.15, 0.2) is 0 Å². The van der Waals surface area contributed by atoms with E-state index in [2.05, 4.69) is 23.0 Å². The van der Waals surface area contributed by atoms with Crippen LogP contribution in [-0.2, 0) is 0 Å². The molecule has 3 rings (SSSR count). The second-order valence-corrected chi connectivity index (χ2v) is 5.00. The Morgan fingerprint density at radius 3 is 2.56 bits per heavy atom. The molecule has 0 fully saturated rings. The van der Waals surface area contributed by atoms with Crippen LogP contribution in [0.25, 0.3) is 22.4 Å². The highest BCUT2D eigenvalue weighted by atomic mass is 35.5. The summed E-state index contributed by atoms with van der Waals surface area (Å²) in [7, 11) is 0. The molecule has 18 heavy (non-hydrogen) atoms. The average molecular weight is 277 g/mol. The van der Waals surface area contributed by atoms with Gasteiger partial charge in [-0.15, -0.1) is 0 Å². The summed E-state index contributed by atoms with van der Waals surface area (Å²) in [6, 6.07) is 11.7. The first-order valence-corrected chi connectivity index (χ1v) is 6.31. The molecule has 4 heteroatoms. The largest absolute Gasteiger partial charge is 0.338 e. The number of H-pyrrole nitrogens is 1. The van der Waals surface area contributed by atoms with E-state index in [4.69, 9.17) is 23.2 Å². The van der Waals surface area contributed by atoms with Crippen LogP contribution in [0.1, 0.15) is 5.56 Å². The Morgan fingerprint density at radius 2 is 1.78 bits per heavy atom. The average Bonchev–Trinajstić information content (AvgIpc) is 2.73. The second-order valence-electron chi connectivity index (χ2n) is 4.18. The van der Waals surface area contributed by atoms with Crippen molar-refractivity contribution in [2.24, 2.45) is 0 Å². The van der Waals surface area contributed by atoms with Gasteiger partial charge in [-0.3, -0.25) is 0 Å². The first-order chi connectivity index (χ1) is 8.65. The molecule has 0 aliphatic carbocycles. The Hall–Kier alpha value is -1.51. The topological polar surface area (TPSA) is 28.7 Å². The fourth-order valence-electron chi connectivity index (χ4n) is 1.97. The number of aryl methyl sites for hydroxylation is 1. The molecule has 0 amide bonds. The van der Waals surface area contributed by atoms with Crippen LogP contribution in [0.4, 0.5) is 0 Å². The minimum atomic E-state index is 0.520. The predicted octanol–water partition coefficient (Wildman–Crippen LogP) is 4.85. The molecule has 90 valence electrons. The number of hydrogen-bond acceptors (Lipinski definition) is 1. The number of aromatic nitrogens is 2. The second kappa shape index (κ2) is 4.30. The molecule has 2 nitrogen and oxygen atoms in total. The molecule has 0 saturated carbocycles. The molecule has 0 atom stereocenters. The maximum absolute atomic E-state index is 5.99. The molecule has 1 aromatic heterocycles. The van der Waals surface area contributed by atoms with E-state index >= 15 is 0 Å². The van der Waals surface area contributed by atoms with Crippen molar-refractivity contribution in [1.82, 2.24) is 9.97 Å². The van der Waals surface area contributed by atoms with Gasteiger partial charge in [-0.25, -0.2) is 4.98 Å². The van der Waals surface area contributed by atoms with Crippen LogP contribution in [0.5, 0.6) is 0 Å². The third kappa shape index (κ3) is 1.88. The lowest BCUT2D eigenvalue weighted by atomic mass is 10.1. The first kappa shape index (κ1) is 11.6. The fraction of sp³-hybridized carbons (Fsp3) is 0.0714. The highest BCUT2D eigenvalue weighted by Crippen LogP contribution is 2.29. The lowest BCUT2D eigenvalue weighted by molar-refractivity contribution is 1.31. The highest BCUT2D eigenvalue weighted by molar-refractivity contribution is 6.42. The van der Waals surface area contributed by atoms with E-state index in [1.807, 2.05) is 18.2 Å². The van der Waals surface area contributed by atoms with Crippen molar-refractivity contribution in [3.05, 3.63) is 52.0 Å². The minimum absolute atomic E-state index is 0.520. The van der Waals surface area contributed by atoms with E-state index in [0.29, 0.717) is 10.0 Å². The van der Waals surface area contributed by atoms with Gasteiger partial charge in [0.2, 0.25) is 0 Å². The maximum atomic E-state index is 5.99. The number of rotatable bonds is 1. The lowest BCUT2D eigenvalue weighted by Gasteiger charge is -2.00. The molecule has 3 aromatic rings. The number of nitrogens with one attached hydrogen (secondary N) is 1. The zero-order chi connectivity index (χ0) is 12.7. The van der Waals surface area contributed by atoms with Gasteiger partial charge in [-0.1, -0.05) is 47.5 Å². The van der Waals surface area contributed by atoms with Gasteiger partial charge in [0.1, 0.15) is 5.82 Å². The molecule has 0 unspecified atom stereocenters. The number of benzene rings is 2. The standard InChI is InChI=1S/C14H10Cl2N2/c1-8-4-2-3-5-9(8)14-17-12-6-10(15)11(16)7-13(12)18-14/h2-7H,1H3,(H,17,18). The number of imidazole rings is 1. The van der Waals surface area contributed by atoms with Crippen molar-refractivity contribution >= 4 is 34.2 Å². The van der Waals surface area contributed by atoms with E-state index in [9.17, 15) is 0 Å². The molecular formula is C14H10Cl2N2. The smallest absolute Gasteiger partial charge is 0.138 e. The van der Waals surface area contributed by atoms with Crippen molar-refractivity contribution in [3.8, 4) is 11.4 Å². The van der Waals surface area contributed by atoms with E-state index in [1.54, 1.807) is 12.1 Å². The minimum Gasteiger partial charge on any atom is -0.338 e. The van der Waals surface area contributed by atoms with E-state index in [0.717, 1.165) is 22.4 Å². The molecule has 0 radical (unpaired) electrons. The van der Waals surface area contributed by atoms with Gasteiger partial charge in [0.25, 0.3) is 0 Å². The summed E-state index contributed by atoms with van der Waals surface area (Å²) < 4.78 is 0. The molecule has 0 aliphatic rings. The van der Waals surface area contributed by atoms with Crippen molar-refractivity contribution in [2.45, 2.75) is 6.92 Å². The molecule has 1 heterocycles. The van der Waals surface area contributed by atoms with Crippen LogP contribution in [-0.4, -0.2) is 9.97 Å². The third-order valence-corrected chi connectivity index (χ3v) is 3.65. The molecule has 2 aromatic carbocycles. The lowest BCUT2D eigenvalue weighted by Crippen LogP contribution is -1.83. The van der Waals surface area contributed by atoms with Crippen LogP contribution in [0.3, 0.4) is 0 Å². The summed E-state index contributed by atoms with van der Waals surface area (Å²) in [5.41, 5.74) is 3.97. The maximum Gasteiger partial charge on any atom is 0.138 e. The summed E-state index contributed by atoms with van der Waals surface area (Å²) in [5, 5.41) is 1.05. The van der Waals surface area contributed by atoms with Crippen LogP contribution >= 0.6 is 23.2 Å². The Labute approximate surface area is 115 Å². The monoisotopic (exact) mass is 276 g/mol. The number of halogens is 2. The molecule has 1 N–H and O–H groups in total. The summed E-state index contributed by atoms with van der Waals surface area (Å²) in [5.74, 6) is 0.835. The molecule has 0 spiro atoms. The Kier molecular flexibility index (Phi) is 2.77. The number of fused-ring (bicyclic) bond motifs is 1. The van der Waals surface area contributed by atoms with Crippen molar-refractivity contribution in [1.29, 1.82) is 0 Å². The zero-order valence-corrected chi connectivity index (χ0v) is 11.2. The van der Waals surface area contributed by atoms with Gasteiger partial charge in [0.05, 0.1) is 21.1 Å². The van der Waals surface area contributed by atoms with E-state index in [1.165, 1.54) is 5.56 Å². The van der Waals surface area contributed by atoms with Crippen molar-refractivity contribution in [2.75, 3.05) is 0 Å². The number of aromatic amines is 1. The third-order valence-electron chi connectivity index (χ3n) is 2.92. The van der Waals surface area contributed by atoms with Crippen LogP contribution in [0.2, 0.25) is 10.0 Å². The van der Waals surface area contributed by atoms with Crippen molar-refractivity contribution < 1.29 is 0 Å². The predicted molar refractivity (Wildman–Crippen MR) is 76.3 cm³/mol. The normalized spacial score (nSPS) is 11.1. The van der Waals surface area contributed by atoms with Crippen LogP contribution in [0, 0.1) is 6.92 Å². The zero-order valence-electron chi connectivity index (χ0n) is 9.67. The molecule has 0 bridgehead atoms. The molecule has 0 aliphatic heterocycles. The van der Waals surface area contributed by atoms with Gasteiger partial charge in [0, 0.05) is 5.56 Å². The Bertz CT molecular complexity index is 693. The highest BCUT2D eigenvalue weighted by Gasteiger charge is 2.09. The summed E-state index contributed by atoms with van der Waals surface area (Å²) in [6.07, 6.45) is 0. The Balaban J connectivity index is 2.23. The van der Waals surface area contributed by atoms with Gasteiger partial charge >= 0.3 is 0 Å². The van der Waals surface area contributed by atoms with Gasteiger partial charge < -0.3 is 4.98 Å². The first-order valence-electron chi connectivity index (χ1n) is 5.56. The summed E-state index contributed by atoms with van der Waals surface area (Å²) >= 11 is 12.0. The number of hydrogen-bond donors (Lipinski definition) is 1. The number of nitrogens with zero attached hydrogens (tertiary/aromatic N) is 1. The summed E-state index contributed by atoms with van der Waals surface area (Å²) in [6.45, 7) is 2.06. The van der Waals surface area contributed by atoms with Crippen molar-refractivity contribution in [3.63, 3.8) is 0 Å². The van der Waals surface area contributed by atoms with Crippen LogP contribution in [0.15, 0.2) is 36.4 Å². The summed E-state index contributed by atoms with van der Waals surface area (Å²) in [4.78, 5) is 7.81. The quantitative estimate of drug-likeness (QED) is 0.677. The Morgan fingerprint density at radius 1 is 1.06 bits per heavy atom. The SMILES string of the molecule is Cc1ccccc1-c1nc2cc(Cl)c(Cl)cc2[nH]1. The van der Waals surface area contributed by atoms with Gasteiger partial charge in [-0.2, -0.15) is 0 Å². The molecular weight excluding hydrogens is 267 g/mol.